The second-order valence-electron chi connectivity index (χ2n) is 4.07. The molecule has 0 aromatic carbocycles. The van der Waals surface area contributed by atoms with E-state index in [1.807, 2.05) is 6.92 Å². The third kappa shape index (κ3) is 5.52. The molecule has 2 unspecified atom stereocenters. The Morgan fingerprint density at radius 3 is 3.00 bits per heavy atom. The number of alkyl halides is 1. The zero-order valence-corrected chi connectivity index (χ0v) is 10.9. The molecular formula is C11H20BrNO2. The Morgan fingerprint density at radius 2 is 2.33 bits per heavy atom. The van der Waals surface area contributed by atoms with Crippen molar-refractivity contribution in [2.45, 2.75) is 37.4 Å². The number of ether oxygens (including phenoxy) is 1. The van der Waals surface area contributed by atoms with Gasteiger partial charge in [-0.15, -0.1) is 0 Å². The Balaban J connectivity index is 2.10. The predicted molar refractivity (Wildman–Crippen MR) is 64.2 cm³/mol. The molecule has 1 N–H and O–H groups in total. The molecule has 88 valence electrons. The summed E-state index contributed by atoms with van der Waals surface area (Å²) in [6.07, 6.45) is 4.94. The van der Waals surface area contributed by atoms with E-state index in [0.29, 0.717) is 17.4 Å². The van der Waals surface area contributed by atoms with Gasteiger partial charge in [0.05, 0.1) is 0 Å². The molecule has 3 nitrogen and oxygen atoms in total. The Kier molecular flexibility index (Phi) is 6.25. The summed E-state index contributed by atoms with van der Waals surface area (Å²) in [7, 11) is 0. The molecule has 0 aromatic rings. The van der Waals surface area contributed by atoms with Crippen LogP contribution in [0.4, 0.5) is 0 Å². The van der Waals surface area contributed by atoms with E-state index in [1.54, 1.807) is 0 Å². The summed E-state index contributed by atoms with van der Waals surface area (Å²) >= 11 is 3.64. The number of rotatable bonds is 5. The van der Waals surface area contributed by atoms with Gasteiger partial charge >= 0.3 is 0 Å². The van der Waals surface area contributed by atoms with E-state index in [0.717, 1.165) is 6.54 Å². The molecule has 15 heavy (non-hydrogen) atoms. The van der Waals surface area contributed by atoms with Crippen LogP contribution in [0.3, 0.4) is 0 Å². The van der Waals surface area contributed by atoms with Crippen molar-refractivity contribution < 1.29 is 9.53 Å². The molecule has 2 atom stereocenters. The fourth-order valence-corrected chi connectivity index (χ4v) is 2.77. The van der Waals surface area contributed by atoms with Gasteiger partial charge in [-0.25, -0.2) is 0 Å². The van der Waals surface area contributed by atoms with Crippen LogP contribution >= 0.6 is 15.9 Å². The molecule has 0 radical (unpaired) electrons. The first kappa shape index (κ1) is 13.0. The number of carbonyl (C=O) groups is 1. The van der Waals surface area contributed by atoms with Crippen LogP contribution in [-0.2, 0) is 9.53 Å². The van der Waals surface area contributed by atoms with Crippen LogP contribution in [0.25, 0.3) is 0 Å². The number of halogens is 1. The fourth-order valence-electron chi connectivity index (χ4n) is 1.91. The highest BCUT2D eigenvalue weighted by molar-refractivity contribution is 9.09. The van der Waals surface area contributed by atoms with Crippen molar-refractivity contribution in [3.8, 4) is 0 Å². The van der Waals surface area contributed by atoms with Crippen LogP contribution in [0.15, 0.2) is 0 Å². The molecule has 1 rings (SSSR count). The number of hydrogen-bond donors (Lipinski definition) is 1. The average molecular weight is 278 g/mol. The number of nitrogens with one attached hydrogen (secondary N) is 1. The predicted octanol–water partition coefficient (Wildman–Crippen LogP) is 2.09. The van der Waals surface area contributed by atoms with E-state index in [1.165, 1.54) is 25.7 Å². The van der Waals surface area contributed by atoms with E-state index in [9.17, 15) is 4.79 Å². The van der Waals surface area contributed by atoms with Gasteiger partial charge in [-0.2, -0.15) is 0 Å². The van der Waals surface area contributed by atoms with E-state index < -0.39 is 0 Å². The van der Waals surface area contributed by atoms with Crippen molar-refractivity contribution in [2.75, 3.05) is 19.8 Å². The van der Waals surface area contributed by atoms with Crippen molar-refractivity contribution in [1.29, 1.82) is 0 Å². The normalized spacial score (nSPS) is 26.3. The van der Waals surface area contributed by atoms with Crippen molar-refractivity contribution in [3.63, 3.8) is 0 Å². The smallest absolute Gasteiger partial charge is 0.246 e. The highest BCUT2D eigenvalue weighted by Gasteiger charge is 2.20. The van der Waals surface area contributed by atoms with Gasteiger partial charge in [0.1, 0.15) is 6.61 Å². The van der Waals surface area contributed by atoms with Gasteiger partial charge in [-0.05, 0) is 32.1 Å². The summed E-state index contributed by atoms with van der Waals surface area (Å²) in [6.45, 7) is 3.49. The number of hydrogen-bond acceptors (Lipinski definition) is 2. The maximum absolute atomic E-state index is 11.3. The SMILES string of the molecule is CCOCC(=O)NCC1CCCC(Br)C1. The second kappa shape index (κ2) is 7.23. The quantitative estimate of drug-likeness (QED) is 0.782. The van der Waals surface area contributed by atoms with E-state index in [4.69, 9.17) is 4.74 Å². The highest BCUT2D eigenvalue weighted by atomic mass is 79.9. The molecule has 1 aliphatic rings. The van der Waals surface area contributed by atoms with Crippen molar-refractivity contribution >= 4 is 21.8 Å². The van der Waals surface area contributed by atoms with Crippen LogP contribution in [0.5, 0.6) is 0 Å². The molecule has 0 aromatic heterocycles. The Labute approximate surface area is 100 Å². The van der Waals surface area contributed by atoms with Gasteiger partial charge in [-0.3, -0.25) is 4.79 Å². The summed E-state index contributed by atoms with van der Waals surface area (Å²) in [5.41, 5.74) is 0. The second-order valence-corrected chi connectivity index (χ2v) is 5.37. The minimum atomic E-state index is 0.00791. The number of amides is 1. The van der Waals surface area contributed by atoms with E-state index in [-0.39, 0.29) is 12.5 Å². The van der Waals surface area contributed by atoms with Crippen LogP contribution in [-0.4, -0.2) is 30.5 Å². The molecule has 0 heterocycles. The fraction of sp³-hybridized carbons (Fsp3) is 0.909. The largest absolute Gasteiger partial charge is 0.372 e. The zero-order chi connectivity index (χ0) is 11.1. The van der Waals surface area contributed by atoms with Crippen LogP contribution in [0.2, 0.25) is 0 Å². The van der Waals surface area contributed by atoms with Gasteiger partial charge in [-0.1, -0.05) is 22.4 Å². The minimum absolute atomic E-state index is 0.00791. The van der Waals surface area contributed by atoms with E-state index in [2.05, 4.69) is 21.2 Å². The first-order chi connectivity index (χ1) is 7.22. The Morgan fingerprint density at radius 1 is 1.53 bits per heavy atom. The first-order valence-corrected chi connectivity index (χ1v) is 6.62. The molecular weight excluding hydrogens is 258 g/mol. The van der Waals surface area contributed by atoms with Crippen molar-refractivity contribution in [1.82, 2.24) is 5.32 Å². The van der Waals surface area contributed by atoms with Gasteiger partial charge in [0.25, 0.3) is 0 Å². The highest BCUT2D eigenvalue weighted by Crippen LogP contribution is 2.28. The van der Waals surface area contributed by atoms with Gasteiger partial charge in [0.15, 0.2) is 0 Å². The third-order valence-electron chi connectivity index (χ3n) is 2.74. The molecule has 0 aliphatic heterocycles. The molecule has 1 saturated carbocycles. The standard InChI is InChI=1S/C11H20BrNO2/c1-2-15-8-11(14)13-7-9-4-3-5-10(12)6-9/h9-10H,2-8H2,1H3,(H,13,14). The maximum atomic E-state index is 11.3. The number of carbonyl (C=O) groups excluding carboxylic acids is 1. The molecule has 4 heteroatoms. The topological polar surface area (TPSA) is 38.3 Å². The summed E-state index contributed by atoms with van der Waals surface area (Å²) < 4.78 is 5.03. The average Bonchev–Trinajstić information content (AvgIpc) is 2.23. The summed E-state index contributed by atoms with van der Waals surface area (Å²) in [5.74, 6) is 0.641. The lowest BCUT2D eigenvalue weighted by Gasteiger charge is -2.25. The zero-order valence-electron chi connectivity index (χ0n) is 9.30. The van der Waals surface area contributed by atoms with Gasteiger partial charge in [0, 0.05) is 18.0 Å². The summed E-state index contributed by atoms with van der Waals surface area (Å²) in [5, 5.41) is 2.92. The monoisotopic (exact) mass is 277 g/mol. The molecule has 1 amide bonds. The van der Waals surface area contributed by atoms with Gasteiger partial charge < -0.3 is 10.1 Å². The maximum Gasteiger partial charge on any atom is 0.246 e. The third-order valence-corrected chi connectivity index (χ3v) is 3.58. The minimum Gasteiger partial charge on any atom is -0.372 e. The molecule has 0 spiro atoms. The Bertz CT molecular complexity index is 199. The van der Waals surface area contributed by atoms with Crippen LogP contribution < -0.4 is 5.32 Å². The lowest BCUT2D eigenvalue weighted by molar-refractivity contribution is -0.125. The Hall–Kier alpha value is -0.0900. The van der Waals surface area contributed by atoms with Crippen LogP contribution in [0, 0.1) is 5.92 Å². The lowest BCUT2D eigenvalue weighted by Crippen LogP contribution is -2.34. The molecule has 0 saturated heterocycles. The van der Waals surface area contributed by atoms with Crippen molar-refractivity contribution in [3.05, 3.63) is 0 Å². The first-order valence-electron chi connectivity index (χ1n) is 5.71. The summed E-state index contributed by atoms with van der Waals surface area (Å²) in [4.78, 5) is 11.9. The molecule has 1 aliphatic carbocycles. The van der Waals surface area contributed by atoms with Crippen LogP contribution in [0.1, 0.15) is 32.6 Å². The molecule has 0 bridgehead atoms. The molecule has 1 fully saturated rings. The van der Waals surface area contributed by atoms with Crippen molar-refractivity contribution in [2.24, 2.45) is 5.92 Å². The van der Waals surface area contributed by atoms with Gasteiger partial charge in [0.2, 0.25) is 5.91 Å². The van der Waals surface area contributed by atoms with E-state index >= 15 is 0 Å². The summed E-state index contributed by atoms with van der Waals surface area (Å²) in [6, 6.07) is 0. The lowest BCUT2D eigenvalue weighted by atomic mass is 9.89.